The molecule has 0 aliphatic heterocycles. The maximum absolute atomic E-state index is 13.2. The van der Waals surface area contributed by atoms with Crippen LogP contribution < -0.4 is 10.1 Å². The van der Waals surface area contributed by atoms with Gasteiger partial charge in [-0.3, -0.25) is 24.3 Å². The van der Waals surface area contributed by atoms with Crippen LogP contribution in [-0.2, 0) is 17.9 Å². The number of ether oxygens (including phenoxy) is 1. The van der Waals surface area contributed by atoms with Crippen molar-refractivity contribution in [2.45, 2.75) is 13.1 Å². The number of nitro groups is 1. The molecule has 0 saturated carbocycles. The van der Waals surface area contributed by atoms with Crippen molar-refractivity contribution in [3.63, 3.8) is 0 Å². The lowest BCUT2D eigenvalue weighted by Crippen LogP contribution is -2.19. The summed E-state index contributed by atoms with van der Waals surface area (Å²) >= 11 is 0. The molecule has 3 aromatic rings. The number of anilines is 1. The number of methoxy groups -OCH3 is 1. The van der Waals surface area contributed by atoms with E-state index in [1.54, 1.807) is 29.1 Å². The van der Waals surface area contributed by atoms with Crippen LogP contribution in [0.5, 0.6) is 5.88 Å². The molecular formula is C16H15FN6O4. The van der Waals surface area contributed by atoms with Crippen molar-refractivity contribution in [1.82, 2.24) is 19.6 Å². The van der Waals surface area contributed by atoms with Gasteiger partial charge < -0.3 is 10.1 Å². The van der Waals surface area contributed by atoms with Crippen molar-refractivity contribution in [3.8, 4) is 5.88 Å². The lowest BCUT2D eigenvalue weighted by Gasteiger charge is -2.03. The lowest BCUT2D eigenvalue weighted by molar-refractivity contribution is -0.385. The van der Waals surface area contributed by atoms with Crippen LogP contribution in [-0.4, -0.2) is 37.5 Å². The molecule has 0 unspecified atom stereocenters. The number of nitrogens with zero attached hydrogens (tertiary/aromatic N) is 5. The number of carbonyl (C=O) groups is 1. The third-order valence-corrected chi connectivity index (χ3v) is 3.55. The molecule has 0 aliphatic carbocycles. The zero-order chi connectivity index (χ0) is 19.4. The second-order valence-corrected chi connectivity index (χ2v) is 5.55. The number of aromatic nitrogens is 4. The molecule has 0 spiro atoms. The third kappa shape index (κ3) is 4.45. The zero-order valence-electron chi connectivity index (χ0n) is 14.2. The second-order valence-electron chi connectivity index (χ2n) is 5.55. The number of halogens is 1. The highest BCUT2D eigenvalue weighted by molar-refractivity contribution is 5.89. The Morgan fingerprint density at radius 3 is 2.81 bits per heavy atom. The van der Waals surface area contributed by atoms with E-state index in [1.807, 2.05) is 0 Å². The third-order valence-electron chi connectivity index (χ3n) is 3.55. The normalized spacial score (nSPS) is 10.6. The number of carbonyl (C=O) groups excluding carboxylic acids is 1. The summed E-state index contributed by atoms with van der Waals surface area (Å²) in [6.45, 7) is 0.0944. The summed E-state index contributed by atoms with van der Waals surface area (Å²) in [7, 11) is 1.25. The van der Waals surface area contributed by atoms with Gasteiger partial charge >= 0.3 is 11.6 Å². The molecule has 11 heteroatoms. The van der Waals surface area contributed by atoms with Gasteiger partial charge in [-0.2, -0.15) is 5.10 Å². The van der Waals surface area contributed by atoms with E-state index in [2.05, 4.69) is 15.5 Å². The fourth-order valence-electron chi connectivity index (χ4n) is 2.41. The summed E-state index contributed by atoms with van der Waals surface area (Å²) in [6.07, 6.45) is 2.75. The summed E-state index contributed by atoms with van der Waals surface area (Å²) in [5, 5.41) is 21.5. The van der Waals surface area contributed by atoms with Crippen LogP contribution in [0.2, 0.25) is 0 Å². The minimum absolute atomic E-state index is 0.174. The average Bonchev–Trinajstić information content (AvgIpc) is 3.21. The first-order valence-electron chi connectivity index (χ1n) is 7.78. The van der Waals surface area contributed by atoms with Gasteiger partial charge in [-0.05, 0) is 17.7 Å². The van der Waals surface area contributed by atoms with Crippen LogP contribution in [0.1, 0.15) is 5.56 Å². The summed E-state index contributed by atoms with van der Waals surface area (Å²) in [5.41, 5.74) is 0.400. The van der Waals surface area contributed by atoms with E-state index in [4.69, 9.17) is 4.74 Å². The molecule has 1 amide bonds. The Morgan fingerprint density at radius 2 is 2.15 bits per heavy atom. The van der Waals surface area contributed by atoms with Crippen LogP contribution in [0.25, 0.3) is 0 Å². The van der Waals surface area contributed by atoms with E-state index in [0.29, 0.717) is 12.4 Å². The van der Waals surface area contributed by atoms with Gasteiger partial charge in [0.1, 0.15) is 18.6 Å². The van der Waals surface area contributed by atoms with Crippen molar-refractivity contribution in [2.75, 3.05) is 12.4 Å². The van der Waals surface area contributed by atoms with Crippen LogP contribution in [0.4, 0.5) is 15.9 Å². The van der Waals surface area contributed by atoms with Gasteiger partial charge in [0.05, 0.1) is 18.6 Å². The zero-order valence-corrected chi connectivity index (χ0v) is 14.2. The lowest BCUT2D eigenvalue weighted by atomic mass is 10.2. The Kier molecular flexibility index (Phi) is 5.11. The van der Waals surface area contributed by atoms with Gasteiger partial charge in [0, 0.05) is 12.3 Å². The summed E-state index contributed by atoms with van der Waals surface area (Å²) in [6, 6.07) is 7.71. The maximum atomic E-state index is 13.2. The molecule has 0 aliphatic rings. The van der Waals surface area contributed by atoms with E-state index in [1.165, 1.54) is 19.2 Å². The number of rotatable bonds is 7. The van der Waals surface area contributed by atoms with Crippen molar-refractivity contribution in [2.24, 2.45) is 0 Å². The molecule has 27 heavy (non-hydrogen) atoms. The van der Waals surface area contributed by atoms with Crippen molar-refractivity contribution >= 4 is 17.4 Å². The van der Waals surface area contributed by atoms with Crippen LogP contribution in [0, 0.1) is 15.9 Å². The van der Waals surface area contributed by atoms with E-state index in [0.717, 1.165) is 16.4 Å². The van der Waals surface area contributed by atoms with Crippen molar-refractivity contribution < 1.29 is 18.8 Å². The number of nitrogens with one attached hydrogen (secondary N) is 1. The monoisotopic (exact) mass is 374 g/mol. The van der Waals surface area contributed by atoms with Crippen LogP contribution in [0.3, 0.4) is 0 Å². The fourth-order valence-corrected chi connectivity index (χ4v) is 2.41. The molecule has 3 rings (SSSR count). The minimum atomic E-state index is -0.645. The SMILES string of the molecule is COc1nn(CC(=O)Nc2ccn(Cc3cccc(F)c3)n2)cc1[N+](=O)[O-]. The standard InChI is InChI=1S/C16H15FN6O4/c1-27-16-13(23(25)26)9-22(20-16)10-15(24)18-14-5-6-21(19-14)8-11-3-2-4-12(17)7-11/h2-7,9H,8,10H2,1H3,(H,18,19,24). The molecule has 1 N–H and O–H groups in total. The molecular weight excluding hydrogens is 359 g/mol. The Balaban J connectivity index is 1.62. The second kappa shape index (κ2) is 7.64. The fraction of sp³-hybridized carbons (Fsp3) is 0.188. The minimum Gasteiger partial charge on any atom is -0.475 e. The number of hydrogen-bond acceptors (Lipinski definition) is 6. The van der Waals surface area contributed by atoms with E-state index < -0.39 is 10.8 Å². The molecule has 2 aromatic heterocycles. The predicted octanol–water partition coefficient (Wildman–Crippen LogP) is 1.82. The highest BCUT2D eigenvalue weighted by Crippen LogP contribution is 2.23. The molecule has 0 atom stereocenters. The first-order valence-corrected chi connectivity index (χ1v) is 7.78. The molecule has 0 radical (unpaired) electrons. The number of benzene rings is 1. The smallest absolute Gasteiger partial charge is 0.350 e. The highest BCUT2D eigenvalue weighted by Gasteiger charge is 2.21. The van der Waals surface area contributed by atoms with Gasteiger partial charge in [-0.15, -0.1) is 5.10 Å². The number of hydrogen-bond donors (Lipinski definition) is 1. The Bertz CT molecular complexity index is 983. The van der Waals surface area contributed by atoms with Crippen molar-refractivity contribution in [1.29, 1.82) is 0 Å². The van der Waals surface area contributed by atoms with E-state index in [9.17, 15) is 19.3 Å². The van der Waals surface area contributed by atoms with Crippen LogP contribution in [0.15, 0.2) is 42.7 Å². The van der Waals surface area contributed by atoms with Gasteiger partial charge in [-0.1, -0.05) is 12.1 Å². The number of amides is 1. The predicted molar refractivity (Wildman–Crippen MR) is 91.8 cm³/mol. The largest absolute Gasteiger partial charge is 0.475 e. The molecule has 0 saturated heterocycles. The summed E-state index contributed by atoms with van der Waals surface area (Å²) in [5.74, 6) is -0.680. The van der Waals surface area contributed by atoms with Gasteiger partial charge in [-0.25, -0.2) is 4.39 Å². The van der Waals surface area contributed by atoms with Gasteiger partial charge in [0.15, 0.2) is 5.82 Å². The summed E-state index contributed by atoms with van der Waals surface area (Å²) in [4.78, 5) is 22.3. The molecule has 0 bridgehead atoms. The highest BCUT2D eigenvalue weighted by atomic mass is 19.1. The maximum Gasteiger partial charge on any atom is 0.350 e. The quantitative estimate of drug-likeness (QED) is 0.498. The van der Waals surface area contributed by atoms with Crippen LogP contribution >= 0.6 is 0 Å². The molecule has 2 heterocycles. The van der Waals surface area contributed by atoms with E-state index >= 15 is 0 Å². The average molecular weight is 374 g/mol. The Labute approximate surface area is 152 Å². The van der Waals surface area contributed by atoms with Gasteiger partial charge in [0.25, 0.3) is 0 Å². The topological polar surface area (TPSA) is 117 Å². The van der Waals surface area contributed by atoms with Gasteiger partial charge in [0.2, 0.25) is 5.91 Å². The summed E-state index contributed by atoms with van der Waals surface area (Å²) < 4.78 is 20.7. The van der Waals surface area contributed by atoms with Crippen molar-refractivity contribution in [3.05, 3.63) is 64.2 Å². The molecule has 10 nitrogen and oxygen atoms in total. The van der Waals surface area contributed by atoms with E-state index in [-0.39, 0.29) is 23.9 Å². The first kappa shape index (κ1) is 18.0. The Hall–Kier alpha value is -3.76. The first-order chi connectivity index (χ1) is 12.9. The molecule has 1 aromatic carbocycles. The molecule has 0 fully saturated rings. The Morgan fingerprint density at radius 1 is 1.33 bits per heavy atom. The molecule has 140 valence electrons.